The number of likely N-dealkylation sites (tertiary alicyclic amines) is 1. The van der Waals surface area contributed by atoms with Crippen molar-refractivity contribution in [2.24, 2.45) is 4.99 Å². The largest absolute Gasteiger partial charge is 0.492 e. The van der Waals surface area contributed by atoms with Crippen molar-refractivity contribution in [3.05, 3.63) is 29.8 Å². The van der Waals surface area contributed by atoms with E-state index in [1.54, 1.807) is 0 Å². The second kappa shape index (κ2) is 11.9. The minimum atomic E-state index is 0. The van der Waals surface area contributed by atoms with Crippen molar-refractivity contribution in [2.75, 3.05) is 33.3 Å². The fourth-order valence-electron chi connectivity index (χ4n) is 3.34. The normalized spacial score (nSPS) is 16.6. The summed E-state index contributed by atoms with van der Waals surface area (Å²) in [6.45, 7) is 14.8. The van der Waals surface area contributed by atoms with E-state index in [4.69, 9.17) is 4.74 Å². The van der Waals surface area contributed by atoms with Gasteiger partial charge in [-0.25, -0.2) is 0 Å². The van der Waals surface area contributed by atoms with E-state index in [0.29, 0.717) is 18.7 Å². The van der Waals surface area contributed by atoms with Gasteiger partial charge in [0, 0.05) is 32.2 Å². The van der Waals surface area contributed by atoms with Crippen LogP contribution in [0.25, 0.3) is 0 Å². The highest BCUT2D eigenvalue weighted by atomic mass is 127. The molecule has 0 bridgehead atoms. The van der Waals surface area contributed by atoms with Crippen molar-refractivity contribution in [1.29, 1.82) is 0 Å². The molecule has 1 aromatic rings. The average Bonchev–Trinajstić information content (AvgIpc) is 2.64. The molecular weight excluding hydrogens is 463 g/mol. The zero-order valence-corrected chi connectivity index (χ0v) is 20.7. The van der Waals surface area contributed by atoms with E-state index in [1.165, 1.54) is 5.56 Å². The van der Waals surface area contributed by atoms with Crippen molar-refractivity contribution in [2.45, 2.75) is 65.0 Å². The smallest absolute Gasteiger partial charge is 0.191 e. The molecule has 0 unspecified atom stereocenters. The number of halogens is 1. The number of ether oxygens (including phenoxy) is 1. The topological polar surface area (TPSA) is 48.9 Å². The predicted molar refractivity (Wildman–Crippen MR) is 130 cm³/mol. The van der Waals surface area contributed by atoms with Gasteiger partial charge in [0.2, 0.25) is 0 Å². The third kappa shape index (κ3) is 8.15. The number of rotatable bonds is 6. The quantitative estimate of drug-likeness (QED) is 0.267. The fourth-order valence-corrected chi connectivity index (χ4v) is 3.34. The van der Waals surface area contributed by atoms with Gasteiger partial charge in [0.25, 0.3) is 0 Å². The van der Waals surface area contributed by atoms with Gasteiger partial charge in [-0.15, -0.1) is 24.0 Å². The van der Waals surface area contributed by atoms with Crippen LogP contribution in [-0.4, -0.2) is 56.2 Å². The lowest BCUT2D eigenvalue weighted by atomic mass is 9.87. The SMILES string of the molecule is CN=C(NCCOc1ccc(C(C)(C)C)cc1)NC1CCN(C(C)C)CC1.I. The molecule has 0 saturated carbocycles. The molecule has 0 aromatic heterocycles. The van der Waals surface area contributed by atoms with E-state index in [2.05, 4.69) is 79.4 Å². The molecule has 6 heteroatoms. The molecule has 28 heavy (non-hydrogen) atoms. The van der Waals surface area contributed by atoms with Gasteiger partial charge in [0.05, 0.1) is 6.54 Å². The molecule has 0 radical (unpaired) electrons. The number of benzene rings is 1. The minimum Gasteiger partial charge on any atom is -0.492 e. The molecule has 1 aliphatic rings. The van der Waals surface area contributed by atoms with Crippen molar-refractivity contribution in [3.63, 3.8) is 0 Å². The highest BCUT2D eigenvalue weighted by molar-refractivity contribution is 14.0. The average molecular weight is 502 g/mol. The first-order valence-corrected chi connectivity index (χ1v) is 10.2. The molecule has 1 fully saturated rings. The van der Waals surface area contributed by atoms with Crippen molar-refractivity contribution in [1.82, 2.24) is 15.5 Å². The molecule has 0 atom stereocenters. The fraction of sp³-hybridized carbons (Fsp3) is 0.682. The van der Waals surface area contributed by atoms with E-state index in [0.717, 1.165) is 44.2 Å². The maximum absolute atomic E-state index is 5.85. The van der Waals surface area contributed by atoms with Crippen molar-refractivity contribution < 1.29 is 4.74 Å². The Kier molecular flexibility index (Phi) is 10.6. The predicted octanol–water partition coefficient (Wildman–Crippen LogP) is 4.02. The third-order valence-electron chi connectivity index (χ3n) is 5.21. The Hall–Kier alpha value is -1.02. The summed E-state index contributed by atoms with van der Waals surface area (Å²) in [5.41, 5.74) is 1.49. The van der Waals surface area contributed by atoms with Gasteiger partial charge in [0.1, 0.15) is 12.4 Å². The van der Waals surface area contributed by atoms with Crippen LogP contribution in [0.3, 0.4) is 0 Å². The summed E-state index contributed by atoms with van der Waals surface area (Å²) >= 11 is 0. The number of aliphatic imine (C=N–C) groups is 1. The molecule has 1 aliphatic heterocycles. The summed E-state index contributed by atoms with van der Waals surface area (Å²) in [7, 11) is 1.82. The lowest BCUT2D eigenvalue weighted by Gasteiger charge is -2.35. The zero-order chi connectivity index (χ0) is 19.9. The number of piperidine rings is 1. The Bertz CT molecular complexity index is 588. The first-order valence-electron chi connectivity index (χ1n) is 10.2. The van der Waals surface area contributed by atoms with E-state index < -0.39 is 0 Å². The maximum atomic E-state index is 5.85. The van der Waals surface area contributed by atoms with Crippen LogP contribution >= 0.6 is 24.0 Å². The highest BCUT2D eigenvalue weighted by Gasteiger charge is 2.21. The Morgan fingerprint density at radius 1 is 1.18 bits per heavy atom. The summed E-state index contributed by atoms with van der Waals surface area (Å²) in [6, 6.07) is 9.53. The van der Waals surface area contributed by atoms with Crippen molar-refractivity contribution >= 4 is 29.9 Å². The summed E-state index contributed by atoms with van der Waals surface area (Å²) < 4.78 is 5.85. The van der Waals surface area contributed by atoms with Gasteiger partial charge in [-0.2, -0.15) is 0 Å². The van der Waals surface area contributed by atoms with Gasteiger partial charge in [-0.1, -0.05) is 32.9 Å². The second-order valence-corrected chi connectivity index (χ2v) is 8.67. The Morgan fingerprint density at radius 2 is 1.79 bits per heavy atom. The molecule has 0 amide bonds. The van der Waals surface area contributed by atoms with Gasteiger partial charge >= 0.3 is 0 Å². The lowest BCUT2D eigenvalue weighted by Crippen LogP contribution is -2.50. The van der Waals surface area contributed by atoms with Gasteiger partial charge < -0.3 is 20.3 Å². The van der Waals surface area contributed by atoms with E-state index in [-0.39, 0.29) is 29.4 Å². The molecule has 1 aromatic carbocycles. The first-order chi connectivity index (χ1) is 12.8. The molecule has 1 saturated heterocycles. The second-order valence-electron chi connectivity index (χ2n) is 8.67. The van der Waals surface area contributed by atoms with Crippen LogP contribution in [0, 0.1) is 0 Å². The van der Waals surface area contributed by atoms with E-state index in [9.17, 15) is 0 Å². The molecule has 160 valence electrons. The van der Waals surface area contributed by atoms with Crippen molar-refractivity contribution in [3.8, 4) is 5.75 Å². The van der Waals surface area contributed by atoms with Crippen LogP contribution < -0.4 is 15.4 Å². The number of nitrogens with one attached hydrogen (secondary N) is 2. The third-order valence-corrected chi connectivity index (χ3v) is 5.21. The first kappa shape index (κ1) is 25.0. The molecule has 1 heterocycles. The summed E-state index contributed by atoms with van der Waals surface area (Å²) in [5, 5.41) is 6.90. The van der Waals surface area contributed by atoms with E-state index in [1.807, 2.05) is 7.05 Å². The molecule has 2 rings (SSSR count). The monoisotopic (exact) mass is 502 g/mol. The van der Waals surface area contributed by atoms with E-state index >= 15 is 0 Å². The molecule has 2 N–H and O–H groups in total. The lowest BCUT2D eigenvalue weighted by molar-refractivity contribution is 0.167. The van der Waals surface area contributed by atoms with Crippen LogP contribution in [0.4, 0.5) is 0 Å². The summed E-state index contributed by atoms with van der Waals surface area (Å²) in [6.07, 6.45) is 2.32. The van der Waals surface area contributed by atoms with Gasteiger partial charge in [-0.05, 0) is 49.8 Å². The Labute approximate surface area is 188 Å². The minimum absolute atomic E-state index is 0. The van der Waals surface area contributed by atoms with Crippen LogP contribution in [-0.2, 0) is 5.41 Å². The molecule has 5 nitrogen and oxygen atoms in total. The number of hydrogen-bond acceptors (Lipinski definition) is 3. The summed E-state index contributed by atoms with van der Waals surface area (Å²) in [5.74, 6) is 1.78. The van der Waals surface area contributed by atoms with Crippen LogP contribution in [0.2, 0.25) is 0 Å². The summed E-state index contributed by atoms with van der Waals surface area (Å²) in [4.78, 5) is 6.88. The van der Waals surface area contributed by atoms with Gasteiger partial charge in [0.15, 0.2) is 5.96 Å². The van der Waals surface area contributed by atoms with Crippen LogP contribution in [0.1, 0.15) is 53.0 Å². The Morgan fingerprint density at radius 3 is 2.29 bits per heavy atom. The number of hydrogen-bond donors (Lipinski definition) is 2. The molecule has 0 aliphatic carbocycles. The van der Waals surface area contributed by atoms with Crippen LogP contribution in [0.15, 0.2) is 29.3 Å². The molecule has 0 spiro atoms. The number of nitrogens with zero attached hydrogens (tertiary/aromatic N) is 2. The zero-order valence-electron chi connectivity index (χ0n) is 18.4. The maximum Gasteiger partial charge on any atom is 0.191 e. The Balaban J connectivity index is 0.00000392. The van der Waals surface area contributed by atoms with Gasteiger partial charge in [-0.3, -0.25) is 4.99 Å². The number of guanidine groups is 1. The van der Waals surface area contributed by atoms with Crippen LogP contribution in [0.5, 0.6) is 5.75 Å². The highest BCUT2D eigenvalue weighted by Crippen LogP contribution is 2.24. The standard InChI is InChI=1S/C22H38N4O.HI/c1-17(2)26-14-11-19(12-15-26)25-21(23-6)24-13-16-27-20-9-7-18(8-10-20)22(3,4)5;/h7-10,17,19H,11-16H2,1-6H3,(H2,23,24,25);1H. The molecular formula is C22H39IN4O.